The van der Waals surface area contributed by atoms with Crippen LogP contribution in [0.1, 0.15) is 49.7 Å². The van der Waals surface area contributed by atoms with Gasteiger partial charge in [0, 0.05) is 30.8 Å². The van der Waals surface area contributed by atoms with Crippen LogP contribution in [0.5, 0.6) is 5.75 Å². The van der Waals surface area contributed by atoms with Crippen molar-refractivity contribution in [2.24, 2.45) is 11.8 Å². The first-order valence-electron chi connectivity index (χ1n) is 9.63. The number of Topliss-reactive ketones (excluding diaryl/α,β-unsaturated/α-hetero) is 1. The van der Waals surface area contributed by atoms with E-state index in [1.807, 2.05) is 0 Å². The molecule has 2 bridgehead atoms. The number of ether oxygens (including phenoxy) is 1. The maximum atomic E-state index is 12.4. The minimum absolute atomic E-state index is 0.0855. The van der Waals surface area contributed by atoms with E-state index in [9.17, 15) is 4.79 Å². The van der Waals surface area contributed by atoms with Crippen molar-refractivity contribution < 1.29 is 9.53 Å². The third-order valence-electron chi connectivity index (χ3n) is 7.21. The van der Waals surface area contributed by atoms with Crippen LogP contribution in [-0.2, 0) is 16.6 Å². The largest absolute Gasteiger partial charge is 0.497 e. The van der Waals surface area contributed by atoms with E-state index in [2.05, 4.69) is 23.1 Å². The summed E-state index contributed by atoms with van der Waals surface area (Å²) in [6, 6.07) is 7.25. The van der Waals surface area contributed by atoms with Gasteiger partial charge in [0.15, 0.2) is 0 Å². The highest BCUT2D eigenvalue weighted by molar-refractivity contribution is 5.81. The molecule has 3 atom stereocenters. The molecule has 1 aromatic rings. The molecule has 0 radical (unpaired) electrons. The van der Waals surface area contributed by atoms with E-state index in [4.69, 9.17) is 4.74 Å². The van der Waals surface area contributed by atoms with Crippen molar-refractivity contribution in [3.8, 4) is 5.75 Å². The quantitative estimate of drug-likeness (QED) is 0.853. The molecule has 0 aromatic heterocycles. The summed E-state index contributed by atoms with van der Waals surface area (Å²) in [5.41, 5.74) is 2.98. The minimum atomic E-state index is 0.0855. The van der Waals surface area contributed by atoms with Crippen LogP contribution in [0.25, 0.3) is 0 Å². The Morgan fingerprint density at radius 3 is 2.96 bits per heavy atom. The number of piperidine rings is 1. The highest BCUT2D eigenvalue weighted by atomic mass is 16.5. The predicted octanol–water partition coefficient (Wildman–Crippen LogP) is 3.34. The zero-order valence-electron chi connectivity index (χ0n) is 14.6. The average molecular weight is 325 g/mol. The smallest absolute Gasteiger partial charge is 0.133 e. The number of hydrogen-bond acceptors (Lipinski definition) is 3. The Hall–Kier alpha value is -1.35. The number of ketones is 1. The van der Waals surface area contributed by atoms with Crippen LogP contribution >= 0.6 is 0 Å². The van der Waals surface area contributed by atoms with E-state index in [0.717, 1.165) is 43.8 Å². The molecule has 3 nitrogen and oxygen atoms in total. The van der Waals surface area contributed by atoms with Crippen LogP contribution in [0.15, 0.2) is 18.2 Å². The van der Waals surface area contributed by atoms with Crippen molar-refractivity contribution >= 4 is 5.78 Å². The molecule has 24 heavy (non-hydrogen) atoms. The molecule has 3 fully saturated rings. The molecule has 0 spiro atoms. The highest BCUT2D eigenvalue weighted by Crippen LogP contribution is 2.55. The summed E-state index contributed by atoms with van der Waals surface area (Å²) in [6.45, 7) is 2.46. The Balaban J connectivity index is 1.59. The number of likely N-dealkylation sites (tertiary alicyclic amines) is 1. The number of benzene rings is 1. The lowest BCUT2D eigenvalue weighted by molar-refractivity contribution is -0.127. The van der Waals surface area contributed by atoms with Crippen molar-refractivity contribution in [1.82, 2.24) is 4.90 Å². The number of rotatable bonds is 3. The molecule has 1 saturated heterocycles. The normalized spacial score (nSPS) is 35.3. The molecule has 3 heteroatoms. The molecule has 1 aliphatic heterocycles. The van der Waals surface area contributed by atoms with Gasteiger partial charge < -0.3 is 4.74 Å². The van der Waals surface area contributed by atoms with Crippen molar-refractivity contribution in [1.29, 1.82) is 0 Å². The van der Waals surface area contributed by atoms with Crippen molar-refractivity contribution in [2.75, 3.05) is 20.2 Å². The van der Waals surface area contributed by atoms with E-state index in [1.165, 1.54) is 37.1 Å². The predicted molar refractivity (Wildman–Crippen MR) is 93.4 cm³/mol. The summed E-state index contributed by atoms with van der Waals surface area (Å²) in [5, 5.41) is 0. The molecule has 4 aliphatic rings. The number of hydrogen-bond donors (Lipinski definition) is 0. The minimum Gasteiger partial charge on any atom is -0.497 e. The molecule has 0 unspecified atom stereocenters. The lowest BCUT2D eigenvalue weighted by Crippen LogP contribution is -2.62. The maximum absolute atomic E-state index is 12.4. The number of fused-ring (bicyclic) bond motifs is 1. The number of methoxy groups -OCH3 is 1. The van der Waals surface area contributed by atoms with Gasteiger partial charge in [-0.05, 0) is 73.7 Å². The van der Waals surface area contributed by atoms with Gasteiger partial charge in [-0.25, -0.2) is 0 Å². The molecule has 1 aromatic carbocycles. The van der Waals surface area contributed by atoms with Crippen LogP contribution in [0.4, 0.5) is 0 Å². The van der Waals surface area contributed by atoms with E-state index in [1.54, 1.807) is 7.11 Å². The third kappa shape index (κ3) is 2.17. The summed E-state index contributed by atoms with van der Waals surface area (Å²) in [6.07, 6.45) is 7.78. The molecule has 3 aliphatic carbocycles. The van der Waals surface area contributed by atoms with Crippen LogP contribution in [-0.4, -0.2) is 36.9 Å². The van der Waals surface area contributed by atoms with Gasteiger partial charge in [0.1, 0.15) is 11.5 Å². The first kappa shape index (κ1) is 14.9. The first-order chi connectivity index (χ1) is 11.7. The van der Waals surface area contributed by atoms with E-state index < -0.39 is 0 Å². The zero-order chi connectivity index (χ0) is 16.3. The maximum Gasteiger partial charge on any atom is 0.133 e. The molecule has 0 amide bonds. The van der Waals surface area contributed by atoms with Gasteiger partial charge in [-0.3, -0.25) is 9.69 Å². The van der Waals surface area contributed by atoms with Gasteiger partial charge in [0.25, 0.3) is 0 Å². The molecule has 2 saturated carbocycles. The Morgan fingerprint density at radius 1 is 1.29 bits per heavy atom. The highest BCUT2D eigenvalue weighted by Gasteiger charge is 2.55. The van der Waals surface area contributed by atoms with Crippen molar-refractivity contribution in [2.45, 2.75) is 56.4 Å². The number of carbonyl (C=O) groups excluding carboxylic acids is 1. The summed E-state index contributed by atoms with van der Waals surface area (Å²) in [5.74, 6) is 3.01. The fourth-order valence-electron chi connectivity index (χ4n) is 5.87. The van der Waals surface area contributed by atoms with E-state index >= 15 is 0 Å². The first-order valence-corrected chi connectivity index (χ1v) is 9.63. The molecule has 5 rings (SSSR count). The van der Waals surface area contributed by atoms with Crippen LogP contribution in [0.3, 0.4) is 0 Å². The summed E-state index contributed by atoms with van der Waals surface area (Å²) < 4.78 is 5.51. The van der Waals surface area contributed by atoms with Crippen LogP contribution < -0.4 is 4.74 Å². The zero-order valence-corrected chi connectivity index (χ0v) is 14.6. The molecular formula is C21H27NO2. The summed E-state index contributed by atoms with van der Waals surface area (Å²) in [7, 11) is 1.74. The van der Waals surface area contributed by atoms with E-state index in [0.29, 0.717) is 17.7 Å². The lowest BCUT2D eigenvalue weighted by Gasteiger charge is -2.58. The monoisotopic (exact) mass is 325 g/mol. The Kier molecular flexibility index (Phi) is 3.31. The molecule has 0 N–H and O–H groups in total. The van der Waals surface area contributed by atoms with Gasteiger partial charge in [-0.1, -0.05) is 6.07 Å². The molecular weight excluding hydrogens is 298 g/mol. The fraction of sp³-hybridized carbons (Fsp3) is 0.667. The van der Waals surface area contributed by atoms with Gasteiger partial charge >= 0.3 is 0 Å². The summed E-state index contributed by atoms with van der Waals surface area (Å²) in [4.78, 5) is 15.2. The average Bonchev–Trinajstić information content (AvgIpc) is 3.41. The Labute approximate surface area is 144 Å². The fourth-order valence-corrected chi connectivity index (χ4v) is 5.87. The SMILES string of the molecule is COc1ccc2c(c1)[C@@]13CCN(CC4CC4)[C@@H](C2)[C@H]1CCC(=O)C3. The van der Waals surface area contributed by atoms with Gasteiger partial charge in [-0.15, -0.1) is 0 Å². The molecule has 1 heterocycles. The second-order valence-electron chi connectivity index (χ2n) is 8.50. The Bertz CT molecular complexity index is 680. The van der Waals surface area contributed by atoms with Crippen LogP contribution in [0.2, 0.25) is 0 Å². The lowest BCUT2D eigenvalue weighted by atomic mass is 9.52. The van der Waals surface area contributed by atoms with Crippen LogP contribution in [0, 0.1) is 11.8 Å². The van der Waals surface area contributed by atoms with Crippen molar-refractivity contribution in [3.05, 3.63) is 29.3 Å². The second kappa shape index (κ2) is 5.32. The van der Waals surface area contributed by atoms with Gasteiger partial charge in [0.05, 0.1) is 7.11 Å². The second-order valence-corrected chi connectivity index (χ2v) is 8.50. The van der Waals surface area contributed by atoms with Gasteiger partial charge in [0.2, 0.25) is 0 Å². The molecule has 128 valence electrons. The Morgan fingerprint density at radius 2 is 2.17 bits per heavy atom. The summed E-state index contributed by atoms with van der Waals surface area (Å²) >= 11 is 0. The topological polar surface area (TPSA) is 29.5 Å². The van der Waals surface area contributed by atoms with Gasteiger partial charge in [-0.2, -0.15) is 0 Å². The van der Waals surface area contributed by atoms with Crippen molar-refractivity contribution in [3.63, 3.8) is 0 Å². The standard InChI is InChI=1S/C21H27NO2/c1-24-17-6-4-15-10-20-18-7-5-16(23)12-21(18,19(15)11-17)8-9-22(20)13-14-2-3-14/h4,6,11,14,18,20H,2-3,5,7-10,12-13H2,1H3/t18-,20+,21-/m1/s1. The third-order valence-corrected chi connectivity index (χ3v) is 7.21. The van der Waals surface area contributed by atoms with E-state index in [-0.39, 0.29) is 5.41 Å². The number of carbonyl (C=O) groups is 1. The number of nitrogens with zero attached hydrogens (tertiary/aromatic N) is 1.